The second kappa shape index (κ2) is 6.27. The van der Waals surface area contributed by atoms with E-state index in [0.29, 0.717) is 16.8 Å². The van der Waals surface area contributed by atoms with Gasteiger partial charge in [0.15, 0.2) is 5.82 Å². The van der Waals surface area contributed by atoms with E-state index >= 15 is 0 Å². The van der Waals surface area contributed by atoms with Crippen LogP contribution >= 0.6 is 0 Å². The Morgan fingerprint density at radius 2 is 1.70 bits per heavy atom. The Labute approximate surface area is 156 Å². The molecule has 0 saturated carbocycles. The first-order valence-corrected chi connectivity index (χ1v) is 8.73. The molecule has 2 aromatic heterocycles. The SMILES string of the molecule is CC(C)(C)c1ccc(-c2ccnc(-c3c[nH]c4c(F)cc(F)cc34)n2)cc1. The van der Waals surface area contributed by atoms with Crippen LogP contribution < -0.4 is 0 Å². The van der Waals surface area contributed by atoms with Crippen LogP contribution in [0.3, 0.4) is 0 Å². The molecule has 4 aromatic rings. The molecule has 0 fully saturated rings. The van der Waals surface area contributed by atoms with Crippen LogP contribution in [0.15, 0.2) is 54.9 Å². The number of H-pyrrole nitrogens is 1. The summed E-state index contributed by atoms with van der Waals surface area (Å²) >= 11 is 0. The van der Waals surface area contributed by atoms with E-state index < -0.39 is 11.6 Å². The van der Waals surface area contributed by atoms with Gasteiger partial charge in [0.2, 0.25) is 0 Å². The van der Waals surface area contributed by atoms with Gasteiger partial charge in [0.25, 0.3) is 0 Å². The summed E-state index contributed by atoms with van der Waals surface area (Å²) < 4.78 is 27.6. The third-order valence-electron chi connectivity index (χ3n) is 4.65. The molecule has 0 bridgehead atoms. The number of aromatic nitrogens is 3. The predicted molar refractivity (Wildman–Crippen MR) is 103 cm³/mol. The summed E-state index contributed by atoms with van der Waals surface area (Å²) in [4.78, 5) is 11.8. The molecule has 0 aliphatic carbocycles. The number of nitrogens with zero attached hydrogens (tertiary/aromatic N) is 2. The minimum Gasteiger partial charge on any atom is -0.358 e. The molecule has 27 heavy (non-hydrogen) atoms. The molecule has 136 valence electrons. The number of hydrogen-bond acceptors (Lipinski definition) is 2. The van der Waals surface area contributed by atoms with E-state index in [1.165, 1.54) is 11.6 Å². The van der Waals surface area contributed by atoms with Crippen molar-refractivity contribution in [3.63, 3.8) is 0 Å². The van der Waals surface area contributed by atoms with Crippen molar-refractivity contribution in [1.29, 1.82) is 0 Å². The predicted octanol–water partition coefficient (Wildman–Crippen LogP) is 5.87. The van der Waals surface area contributed by atoms with Crippen LogP contribution in [0.5, 0.6) is 0 Å². The summed E-state index contributed by atoms with van der Waals surface area (Å²) in [5, 5.41) is 0.424. The van der Waals surface area contributed by atoms with E-state index in [4.69, 9.17) is 0 Å². The summed E-state index contributed by atoms with van der Waals surface area (Å²) in [6, 6.07) is 12.2. The Kier molecular flexibility index (Phi) is 4.02. The Morgan fingerprint density at radius 1 is 0.963 bits per heavy atom. The zero-order valence-electron chi connectivity index (χ0n) is 15.3. The quantitative estimate of drug-likeness (QED) is 0.484. The smallest absolute Gasteiger partial charge is 0.161 e. The van der Waals surface area contributed by atoms with Crippen molar-refractivity contribution in [2.24, 2.45) is 0 Å². The highest BCUT2D eigenvalue weighted by Gasteiger charge is 2.15. The molecular weight excluding hydrogens is 344 g/mol. The summed E-state index contributed by atoms with van der Waals surface area (Å²) in [6.07, 6.45) is 3.26. The van der Waals surface area contributed by atoms with Crippen molar-refractivity contribution in [2.75, 3.05) is 0 Å². The highest BCUT2D eigenvalue weighted by atomic mass is 19.1. The number of benzene rings is 2. The Balaban J connectivity index is 1.78. The van der Waals surface area contributed by atoms with Crippen molar-refractivity contribution >= 4 is 10.9 Å². The van der Waals surface area contributed by atoms with E-state index in [1.807, 2.05) is 18.2 Å². The Bertz CT molecular complexity index is 1120. The number of fused-ring (bicyclic) bond motifs is 1. The van der Waals surface area contributed by atoms with Gasteiger partial charge in [-0.05, 0) is 23.1 Å². The normalized spacial score (nSPS) is 11.9. The zero-order valence-corrected chi connectivity index (χ0v) is 15.3. The molecule has 3 nitrogen and oxygen atoms in total. The van der Waals surface area contributed by atoms with E-state index in [0.717, 1.165) is 17.3 Å². The van der Waals surface area contributed by atoms with E-state index in [-0.39, 0.29) is 10.9 Å². The molecule has 2 heterocycles. The zero-order chi connectivity index (χ0) is 19.2. The molecule has 5 heteroatoms. The monoisotopic (exact) mass is 363 g/mol. The molecule has 0 atom stereocenters. The topological polar surface area (TPSA) is 41.6 Å². The molecule has 0 unspecified atom stereocenters. The summed E-state index contributed by atoms with van der Waals surface area (Å²) in [5.41, 5.74) is 3.85. The maximum atomic E-state index is 13.9. The highest BCUT2D eigenvalue weighted by molar-refractivity contribution is 5.94. The van der Waals surface area contributed by atoms with Gasteiger partial charge in [-0.1, -0.05) is 45.0 Å². The molecular formula is C22H19F2N3. The first kappa shape index (κ1) is 17.3. The van der Waals surface area contributed by atoms with Crippen molar-refractivity contribution in [3.8, 4) is 22.6 Å². The Hall–Kier alpha value is -3.08. The van der Waals surface area contributed by atoms with Gasteiger partial charge in [0.05, 0.1) is 11.2 Å². The molecule has 4 rings (SSSR count). The average Bonchev–Trinajstić information content (AvgIpc) is 3.05. The molecule has 0 radical (unpaired) electrons. The second-order valence-corrected chi connectivity index (χ2v) is 7.61. The van der Waals surface area contributed by atoms with E-state index in [2.05, 4.69) is 47.9 Å². The molecule has 1 N–H and O–H groups in total. The van der Waals surface area contributed by atoms with Gasteiger partial charge in [-0.2, -0.15) is 0 Å². The van der Waals surface area contributed by atoms with Gasteiger partial charge >= 0.3 is 0 Å². The maximum absolute atomic E-state index is 13.9. The lowest BCUT2D eigenvalue weighted by Crippen LogP contribution is -2.10. The molecule has 0 amide bonds. The number of nitrogens with one attached hydrogen (secondary N) is 1. The molecule has 0 aliphatic rings. The second-order valence-electron chi connectivity index (χ2n) is 7.61. The average molecular weight is 363 g/mol. The van der Waals surface area contributed by atoms with Crippen LogP contribution in [0, 0.1) is 11.6 Å². The lowest BCUT2D eigenvalue weighted by Gasteiger charge is -2.19. The fraction of sp³-hybridized carbons (Fsp3) is 0.182. The lowest BCUT2D eigenvalue weighted by molar-refractivity contribution is 0.590. The van der Waals surface area contributed by atoms with E-state index in [9.17, 15) is 8.78 Å². The summed E-state index contributed by atoms with van der Waals surface area (Å²) in [7, 11) is 0. The fourth-order valence-corrected chi connectivity index (χ4v) is 3.13. The third kappa shape index (κ3) is 3.21. The highest BCUT2D eigenvalue weighted by Crippen LogP contribution is 2.30. The van der Waals surface area contributed by atoms with Crippen LogP contribution in [0.1, 0.15) is 26.3 Å². The number of hydrogen-bond donors (Lipinski definition) is 1. The van der Waals surface area contributed by atoms with Crippen LogP contribution in [0.4, 0.5) is 8.78 Å². The van der Waals surface area contributed by atoms with Crippen molar-refractivity contribution in [3.05, 3.63) is 72.1 Å². The van der Waals surface area contributed by atoms with Crippen molar-refractivity contribution in [1.82, 2.24) is 15.0 Å². The minimum atomic E-state index is -0.634. The third-order valence-corrected chi connectivity index (χ3v) is 4.65. The van der Waals surface area contributed by atoms with E-state index in [1.54, 1.807) is 12.4 Å². The molecule has 0 aliphatic heterocycles. The molecule has 0 saturated heterocycles. The van der Waals surface area contributed by atoms with Gasteiger partial charge in [0.1, 0.15) is 11.6 Å². The van der Waals surface area contributed by atoms with Gasteiger partial charge in [-0.15, -0.1) is 0 Å². The fourth-order valence-electron chi connectivity index (χ4n) is 3.13. The van der Waals surface area contributed by atoms with Crippen LogP contribution in [-0.2, 0) is 5.41 Å². The number of halogens is 2. The first-order chi connectivity index (χ1) is 12.8. The summed E-state index contributed by atoms with van der Waals surface area (Å²) in [5.74, 6) is -0.844. The number of rotatable bonds is 2. The first-order valence-electron chi connectivity index (χ1n) is 8.73. The Morgan fingerprint density at radius 3 is 2.41 bits per heavy atom. The minimum absolute atomic E-state index is 0.0769. The lowest BCUT2D eigenvalue weighted by atomic mass is 9.86. The largest absolute Gasteiger partial charge is 0.358 e. The van der Waals surface area contributed by atoms with Crippen LogP contribution in [-0.4, -0.2) is 15.0 Å². The van der Waals surface area contributed by atoms with Gasteiger partial charge in [-0.3, -0.25) is 0 Å². The van der Waals surface area contributed by atoms with Crippen molar-refractivity contribution < 1.29 is 8.78 Å². The van der Waals surface area contributed by atoms with Gasteiger partial charge in [0, 0.05) is 35.0 Å². The van der Waals surface area contributed by atoms with Crippen molar-refractivity contribution in [2.45, 2.75) is 26.2 Å². The maximum Gasteiger partial charge on any atom is 0.161 e. The molecule has 0 spiro atoms. The number of aromatic amines is 1. The standard InChI is InChI=1S/C22H19F2N3/c1-22(2,3)14-6-4-13(5-7-14)19-8-9-25-21(27-19)17-12-26-20-16(17)10-15(23)11-18(20)24/h4-12,26H,1-3H3. The van der Waals surface area contributed by atoms with Crippen LogP contribution in [0.25, 0.3) is 33.5 Å². The summed E-state index contributed by atoms with van der Waals surface area (Å²) in [6.45, 7) is 6.50. The molecule has 2 aromatic carbocycles. The van der Waals surface area contributed by atoms with Crippen LogP contribution in [0.2, 0.25) is 0 Å². The van der Waals surface area contributed by atoms with Gasteiger partial charge < -0.3 is 4.98 Å². The van der Waals surface area contributed by atoms with Gasteiger partial charge in [-0.25, -0.2) is 18.7 Å².